The Morgan fingerprint density at radius 1 is 1.07 bits per heavy atom. The van der Waals surface area contributed by atoms with Crippen molar-refractivity contribution in [1.29, 1.82) is 0 Å². The molecule has 1 aliphatic heterocycles. The van der Waals surface area contributed by atoms with Crippen LogP contribution in [0.4, 0.5) is 5.82 Å². The summed E-state index contributed by atoms with van der Waals surface area (Å²) in [6.07, 6.45) is 6.80. The fourth-order valence-corrected chi connectivity index (χ4v) is 3.11. The monoisotopic (exact) mass is 364 g/mol. The Morgan fingerprint density at radius 3 is 2.52 bits per heavy atom. The standard InChI is InChI=1S/C19H20N6O2/c1-27-16-14-25(15-5-3-2-4-6-15)22-18(16)19(26)24-11-9-23(10-12-24)17-13-20-7-8-21-17/h2-8,13-14H,9-12H2,1H3. The first-order valence-electron chi connectivity index (χ1n) is 8.75. The van der Waals surface area contributed by atoms with E-state index < -0.39 is 0 Å². The Morgan fingerprint density at radius 2 is 1.85 bits per heavy atom. The van der Waals surface area contributed by atoms with Crippen molar-refractivity contribution in [3.8, 4) is 11.4 Å². The number of para-hydroxylation sites is 1. The molecule has 0 unspecified atom stereocenters. The fourth-order valence-electron chi connectivity index (χ4n) is 3.11. The lowest BCUT2D eigenvalue weighted by atomic mass is 10.2. The van der Waals surface area contributed by atoms with Crippen LogP contribution < -0.4 is 9.64 Å². The van der Waals surface area contributed by atoms with E-state index in [9.17, 15) is 4.79 Å². The molecule has 1 aromatic carbocycles. The number of piperazine rings is 1. The lowest BCUT2D eigenvalue weighted by Crippen LogP contribution is -2.49. The van der Waals surface area contributed by atoms with E-state index in [-0.39, 0.29) is 5.91 Å². The van der Waals surface area contributed by atoms with Crippen LogP contribution in [-0.4, -0.2) is 63.8 Å². The zero-order valence-electron chi connectivity index (χ0n) is 15.0. The van der Waals surface area contributed by atoms with Crippen molar-refractivity contribution in [2.24, 2.45) is 0 Å². The molecule has 0 radical (unpaired) electrons. The Labute approximate surface area is 157 Å². The maximum atomic E-state index is 13.0. The minimum Gasteiger partial charge on any atom is -0.493 e. The van der Waals surface area contributed by atoms with Crippen molar-refractivity contribution in [2.75, 3.05) is 38.2 Å². The first kappa shape index (κ1) is 17.0. The van der Waals surface area contributed by atoms with E-state index in [1.165, 1.54) is 0 Å². The van der Waals surface area contributed by atoms with E-state index in [2.05, 4.69) is 20.0 Å². The van der Waals surface area contributed by atoms with Gasteiger partial charge in [0.2, 0.25) is 0 Å². The average molecular weight is 364 g/mol. The third-order valence-corrected chi connectivity index (χ3v) is 4.56. The SMILES string of the molecule is COc1cn(-c2ccccc2)nc1C(=O)N1CCN(c2cnccn2)CC1. The highest BCUT2D eigenvalue weighted by Gasteiger charge is 2.27. The molecule has 0 atom stereocenters. The van der Waals surface area contributed by atoms with Crippen molar-refractivity contribution in [1.82, 2.24) is 24.6 Å². The largest absolute Gasteiger partial charge is 0.493 e. The van der Waals surface area contributed by atoms with E-state index >= 15 is 0 Å². The second-order valence-electron chi connectivity index (χ2n) is 6.17. The molecule has 3 heterocycles. The fraction of sp³-hybridized carbons (Fsp3) is 0.263. The van der Waals surface area contributed by atoms with Crippen LogP contribution >= 0.6 is 0 Å². The summed E-state index contributed by atoms with van der Waals surface area (Å²) in [6, 6.07) is 9.65. The highest BCUT2D eigenvalue weighted by atomic mass is 16.5. The van der Waals surface area contributed by atoms with E-state index in [1.807, 2.05) is 30.3 Å². The maximum absolute atomic E-state index is 13.0. The number of ether oxygens (including phenoxy) is 1. The number of aromatic nitrogens is 4. The predicted molar refractivity (Wildman–Crippen MR) is 100 cm³/mol. The highest BCUT2D eigenvalue weighted by Crippen LogP contribution is 2.22. The number of amides is 1. The molecule has 0 N–H and O–H groups in total. The first-order valence-corrected chi connectivity index (χ1v) is 8.75. The molecule has 0 bridgehead atoms. The summed E-state index contributed by atoms with van der Waals surface area (Å²) in [5.74, 6) is 1.18. The molecule has 8 nitrogen and oxygen atoms in total. The van der Waals surface area contributed by atoms with Crippen molar-refractivity contribution in [3.63, 3.8) is 0 Å². The van der Waals surface area contributed by atoms with Gasteiger partial charge in [-0.3, -0.25) is 9.78 Å². The van der Waals surface area contributed by atoms with Gasteiger partial charge in [-0.1, -0.05) is 18.2 Å². The summed E-state index contributed by atoms with van der Waals surface area (Å²) in [5, 5.41) is 4.47. The summed E-state index contributed by atoms with van der Waals surface area (Å²) < 4.78 is 7.06. The van der Waals surface area contributed by atoms with Crippen molar-refractivity contribution in [3.05, 3.63) is 60.8 Å². The summed E-state index contributed by atoms with van der Waals surface area (Å²) in [4.78, 5) is 25.3. The first-order chi connectivity index (χ1) is 13.3. The molecule has 27 heavy (non-hydrogen) atoms. The lowest BCUT2D eigenvalue weighted by Gasteiger charge is -2.34. The van der Waals surface area contributed by atoms with Crippen LogP contribution in [0.3, 0.4) is 0 Å². The summed E-state index contributed by atoms with van der Waals surface area (Å²) in [5.41, 5.74) is 1.21. The molecular weight excluding hydrogens is 344 g/mol. The number of benzene rings is 1. The number of methoxy groups -OCH3 is 1. The number of carbonyl (C=O) groups is 1. The molecule has 0 aliphatic carbocycles. The van der Waals surface area contributed by atoms with Crippen LogP contribution in [0.2, 0.25) is 0 Å². The van der Waals surface area contributed by atoms with E-state index in [4.69, 9.17) is 4.74 Å². The molecule has 0 spiro atoms. The molecule has 1 saturated heterocycles. The summed E-state index contributed by atoms with van der Waals surface area (Å²) in [7, 11) is 1.55. The molecule has 8 heteroatoms. The number of rotatable bonds is 4. The lowest BCUT2D eigenvalue weighted by molar-refractivity contribution is 0.0736. The van der Waals surface area contributed by atoms with Crippen LogP contribution in [0.15, 0.2) is 55.1 Å². The molecule has 1 aliphatic rings. The maximum Gasteiger partial charge on any atom is 0.278 e. The third-order valence-electron chi connectivity index (χ3n) is 4.56. The highest BCUT2D eigenvalue weighted by molar-refractivity contribution is 5.95. The van der Waals surface area contributed by atoms with Crippen molar-refractivity contribution < 1.29 is 9.53 Å². The van der Waals surface area contributed by atoms with Gasteiger partial charge >= 0.3 is 0 Å². The van der Waals surface area contributed by atoms with E-state index in [0.717, 1.165) is 11.5 Å². The second kappa shape index (κ2) is 7.45. The minimum atomic E-state index is -0.125. The van der Waals surface area contributed by atoms with Gasteiger partial charge in [-0.2, -0.15) is 5.10 Å². The van der Waals surface area contributed by atoms with Gasteiger partial charge in [0.25, 0.3) is 5.91 Å². The second-order valence-corrected chi connectivity index (χ2v) is 6.17. The number of nitrogens with zero attached hydrogens (tertiary/aromatic N) is 6. The molecule has 4 rings (SSSR count). The Kier molecular flexibility index (Phi) is 4.69. The van der Waals surface area contributed by atoms with Gasteiger partial charge < -0.3 is 14.5 Å². The van der Waals surface area contributed by atoms with Crippen LogP contribution in [0.1, 0.15) is 10.5 Å². The summed E-state index contributed by atoms with van der Waals surface area (Å²) in [6.45, 7) is 2.59. The Balaban J connectivity index is 1.49. The average Bonchev–Trinajstić information content (AvgIpc) is 3.19. The Hall–Kier alpha value is -3.42. The number of hydrogen-bond acceptors (Lipinski definition) is 6. The summed E-state index contributed by atoms with van der Waals surface area (Å²) >= 11 is 0. The molecule has 1 fully saturated rings. The molecule has 0 saturated carbocycles. The third kappa shape index (κ3) is 3.46. The normalized spacial score (nSPS) is 14.3. The quantitative estimate of drug-likeness (QED) is 0.700. The molecule has 2 aromatic heterocycles. The van der Waals surface area contributed by atoms with Gasteiger partial charge in [-0.25, -0.2) is 9.67 Å². The van der Waals surface area contributed by atoms with Gasteiger partial charge in [0.05, 0.1) is 25.2 Å². The predicted octanol–water partition coefficient (Wildman–Crippen LogP) is 1.63. The Bertz CT molecular complexity index is 904. The van der Waals surface area contributed by atoms with Gasteiger partial charge in [0.15, 0.2) is 11.4 Å². The van der Waals surface area contributed by atoms with Crippen LogP contribution in [0.5, 0.6) is 5.75 Å². The van der Waals surface area contributed by atoms with Gasteiger partial charge in [-0.05, 0) is 12.1 Å². The van der Waals surface area contributed by atoms with Gasteiger partial charge in [0, 0.05) is 38.6 Å². The van der Waals surface area contributed by atoms with E-state index in [1.54, 1.807) is 41.5 Å². The number of anilines is 1. The minimum absolute atomic E-state index is 0.125. The van der Waals surface area contributed by atoms with Crippen LogP contribution in [-0.2, 0) is 0 Å². The molecular formula is C19H20N6O2. The van der Waals surface area contributed by atoms with Crippen molar-refractivity contribution >= 4 is 11.7 Å². The van der Waals surface area contributed by atoms with Gasteiger partial charge in [0.1, 0.15) is 5.82 Å². The zero-order valence-corrected chi connectivity index (χ0v) is 15.0. The van der Waals surface area contributed by atoms with E-state index in [0.29, 0.717) is 37.6 Å². The molecule has 3 aromatic rings. The number of hydrogen-bond donors (Lipinski definition) is 0. The smallest absolute Gasteiger partial charge is 0.278 e. The van der Waals surface area contributed by atoms with Crippen molar-refractivity contribution in [2.45, 2.75) is 0 Å². The zero-order chi connectivity index (χ0) is 18.6. The van der Waals surface area contributed by atoms with Crippen LogP contribution in [0, 0.1) is 0 Å². The number of carbonyl (C=O) groups excluding carboxylic acids is 1. The topological polar surface area (TPSA) is 76.4 Å². The van der Waals surface area contributed by atoms with Gasteiger partial charge in [-0.15, -0.1) is 0 Å². The molecule has 1 amide bonds. The van der Waals surface area contributed by atoms with Crippen LogP contribution in [0.25, 0.3) is 5.69 Å². The molecule has 138 valence electrons.